The minimum Gasteiger partial charge on any atom is -0.392 e. The van der Waals surface area contributed by atoms with E-state index in [9.17, 15) is 5.11 Å². The van der Waals surface area contributed by atoms with Gasteiger partial charge in [-0.25, -0.2) is 0 Å². The molecule has 0 bridgehead atoms. The molecule has 0 spiro atoms. The molecular weight excluding hydrogens is 210 g/mol. The molecule has 1 aliphatic carbocycles. The summed E-state index contributed by atoms with van der Waals surface area (Å²) in [5.41, 5.74) is 6.48. The highest BCUT2D eigenvalue weighted by Crippen LogP contribution is 2.40. The molecule has 17 heavy (non-hydrogen) atoms. The molecule has 0 aromatic heterocycles. The van der Waals surface area contributed by atoms with Gasteiger partial charge in [-0.05, 0) is 37.0 Å². The average Bonchev–Trinajstić information content (AvgIpc) is 2.52. The summed E-state index contributed by atoms with van der Waals surface area (Å²) in [5.74, 6) is 1.90. The summed E-state index contributed by atoms with van der Waals surface area (Å²) in [6, 6.07) is 0.185. The molecule has 102 valence electrons. The monoisotopic (exact) mass is 241 g/mol. The van der Waals surface area contributed by atoms with E-state index in [-0.39, 0.29) is 12.1 Å². The summed E-state index contributed by atoms with van der Waals surface area (Å²) in [6.07, 6.45) is 5.76. The van der Waals surface area contributed by atoms with E-state index < -0.39 is 0 Å². The SMILES string of the molecule is CCCC(CCC)C(N)C1C(C)CC(C)C1O. The lowest BCUT2D eigenvalue weighted by Gasteiger charge is -2.33. The maximum absolute atomic E-state index is 10.3. The molecule has 0 heterocycles. The lowest BCUT2D eigenvalue weighted by atomic mass is 9.78. The second kappa shape index (κ2) is 6.75. The molecule has 3 N–H and O–H groups in total. The largest absolute Gasteiger partial charge is 0.392 e. The lowest BCUT2D eigenvalue weighted by molar-refractivity contribution is 0.0619. The van der Waals surface area contributed by atoms with E-state index in [4.69, 9.17) is 5.73 Å². The molecule has 1 rings (SSSR count). The first-order valence-electron chi connectivity index (χ1n) is 7.46. The van der Waals surface area contributed by atoms with E-state index in [1.807, 2.05) is 0 Å². The molecule has 5 unspecified atom stereocenters. The summed E-state index contributed by atoms with van der Waals surface area (Å²) in [7, 11) is 0. The van der Waals surface area contributed by atoms with Crippen molar-refractivity contribution in [3.8, 4) is 0 Å². The summed E-state index contributed by atoms with van der Waals surface area (Å²) < 4.78 is 0. The highest BCUT2D eigenvalue weighted by Gasteiger charge is 2.42. The van der Waals surface area contributed by atoms with Crippen LogP contribution in [0.5, 0.6) is 0 Å². The van der Waals surface area contributed by atoms with Gasteiger partial charge in [-0.15, -0.1) is 0 Å². The minimum atomic E-state index is -0.184. The summed E-state index contributed by atoms with van der Waals surface area (Å²) in [4.78, 5) is 0. The van der Waals surface area contributed by atoms with Crippen molar-refractivity contribution in [3.05, 3.63) is 0 Å². The third-order valence-electron chi connectivity index (χ3n) is 4.69. The van der Waals surface area contributed by atoms with Gasteiger partial charge in [-0.3, -0.25) is 0 Å². The quantitative estimate of drug-likeness (QED) is 0.750. The molecule has 2 nitrogen and oxygen atoms in total. The molecule has 5 atom stereocenters. The second-order valence-electron chi connectivity index (χ2n) is 6.17. The fourth-order valence-electron chi connectivity index (χ4n) is 3.79. The Labute approximate surface area is 107 Å². The van der Waals surface area contributed by atoms with Gasteiger partial charge < -0.3 is 10.8 Å². The normalized spacial score (nSPS) is 35.5. The van der Waals surface area contributed by atoms with Crippen molar-refractivity contribution in [2.75, 3.05) is 0 Å². The van der Waals surface area contributed by atoms with Crippen LogP contribution in [0.4, 0.5) is 0 Å². The van der Waals surface area contributed by atoms with E-state index in [1.54, 1.807) is 0 Å². The van der Waals surface area contributed by atoms with Crippen molar-refractivity contribution in [2.45, 2.75) is 71.9 Å². The van der Waals surface area contributed by atoms with Crippen LogP contribution in [0.25, 0.3) is 0 Å². The van der Waals surface area contributed by atoms with Crippen LogP contribution >= 0.6 is 0 Å². The lowest BCUT2D eigenvalue weighted by Crippen LogP contribution is -2.44. The Hall–Kier alpha value is -0.0800. The predicted octanol–water partition coefficient (Wildman–Crippen LogP) is 3.18. The first-order valence-corrected chi connectivity index (χ1v) is 7.46. The molecule has 0 aliphatic heterocycles. The third-order valence-corrected chi connectivity index (χ3v) is 4.69. The van der Waals surface area contributed by atoms with E-state index in [0.29, 0.717) is 23.7 Å². The fraction of sp³-hybridized carbons (Fsp3) is 1.00. The van der Waals surface area contributed by atoms with E-state index >= 15 is 0 Å². The van der Waals surface area contributed by atoms with Crippen LogP contribution in [0.3, 0.4) is 0 Å². The van der Waals surface area contributed by atoms with Gasteiger partial charge in [0.15, 0.2) is 0 Å². The molecule has 0 amide bonds. The van der Waals surface area contributed by atoms with Gasteiger partial charge in [0.05, 0.1) is 6.10 Å². The van der Waals surface area contributed by atoms with Crippen molar-refractivity contribution < 1.29 is 5.11 Å². The molecule has 0 saturated heterocycles. The smallest absolute Gasteiger partial charge is 0.0611 e. The van der Waals surface area contributed by atoms with Crippen molar-refractivity contribution in [1.82, 2.24) is 0 Å². The Morgan fingerprint density at radius 1 is 1.12 bits per heavy atom. The minimum absolute atomic E-state index is 0.184. The number of hydrogen-bond acceptors (Lipinski definition) is 2. The molecule has 1 aliphatic rings. The van der Waals surface area contributed by atoms with Crippen molar-refractivity contribution in [2.24, 2.45) is 29.4 Å². The third kappa shape index (κ3) is 3.45. The van der Waals surface area contributed by atoms with E-state index in [0.717, 1.165) is 6.42 Å². The predicted molar refractivity (Wildman–Crippen MR) is 73.7 cm³/mol. The summed E-state index contributed by atoms with van der Waals surface area (Å²) in [6.45, 7) is 8.87. The zero-order valence-corrected chi connectivity index (χ0v) is 12.0. The van der Waals surface area contributed by atoms with E-state index in [1.165, 1.54) is 25.7 Å². The number of nitrogens with two attached hydrogens (primary N) is 1. The van der Waals surface area contributed by atoms with Gasteiger partial charge in [0.2, 0.25) is 0 Å². The van der Waals surface area contributed by atoms with Crippen LogP contribution in [0, 0.1) is 23.7 Å². The zero-order chi connectivity index (χ0) is 13.0. The average molecular weight is 241 g/mol. The Kier molecular flexibility index (Phi) is 5.94. The number of aliphatic hydroxyl groups is 1. The Balaban J connectivity index is 2.68. The van der Waals surface area contributed by atoms with Crippen molar-refractivity contribution >= 4 is 0 Å². The number of hydrogen-bond donors (Lipinski definition) is 2. The molecule has 0 aromatic rings. The molecule has 1 saturated carbocycles. The van der Waals surface area contributed by atoms with Crippen LogP contribution in [-0.2, 0) is 0 Å². The van der Waals surface area contributed by atoms with Crippen LogP contribution in [0.15, 0.2) is 0 Å². The van der Waals surface area contributed by atoms with Crippen molar-refractivity contribution in [3.63, 3.8) is 0 Å². The topological polar surface area (TPSA) is 46.2 Å². The first kappa shape index (κ1) is 15.0. The van der Waals surface area contributed by atoms with Gasteiger partial charge in [0.1, 0.15) is 0 Å². The van der Waals surface area contributed by atoms with Crippen LogP contribution in [0.2, 0.25) is 0 Å². The number of aliphatic hydroxyl groups excluding tert-OH is 1. The van der Waals surface area contributed by atoms with Crippen molar-refractivity contribution in [1.29, 1.82) is 0 Å². The Morgan fingerprint density at radius 2 is 1.65 bits per heavy atom. The van der Waals surface area contributed by atoms with Gasteiger partial charge >= 0.3 is 0 Å². The van der Waals surface area contributed by atoms with Gasteiger partial charge in [-0.1, -0.05) is 40.5 Å². The number of rotatable bonds is 6. The molecule has 0 aromatic carbocycles. The summed E-state index contributed by atoms with van der Waals surface area (Å²) in [5, 5.41) is 10.3. The Bertz CT molecular complexity index is 213. The highest BCUT2D eigenvalue weighted by atomic mass is 16.3. The standard InChI is InChI=1S/C15H31NO/c1-5-7-12(8-6-2)14(16)13-10(3)9-11(4)15(13)17/h10-15,17H,5-9,16H2,1-4H3. The van der Waals surface area contributed by atoms with Crippen LogP contribution in [0.1, 0.15) is 59.8 Å². The molecule has 2 heteroatoms. The zero-order valence-electron chi connectivity index (χ0n) is 12.0. The van der Waals surface area contributed by atoms with Crippen LogP contribution in [-0.4, -0.2) is 17.3 Å². The molecule has 0 radical (unpaired) electrons. The van der Waals surface area contributed by atoms with Gasteiger partial charge in [0, 0.05) is 12.0 Å². The Morgan fingerprint density at radius 3 is 2.00 bits per heavy atom. The summed E-state index contributed by atoms with van der Waals surface area (Å²) >= 11 is 0. The van der Waals surface area contributed by atoms with Crippen LogP contribution < -0.4 is 5.73 Å². The maximum atomic E-state index is 10.3. The highest BCUT2D eigenvalue weighted by molar-refractivity contribution is 4.94. The van der Waals surface area contributed by atoms with E-state index in [2.05, 4.69) is 27.7 Å². The molecule has 1 fully saturated rings. The maximum Gasteiger partial charge on any atom is 0.0611 e. The molecular formula is C15H31NO. The second-order valence-corrected chi connectivity index (χ2v) is 6.17. The first-order chi connectivity index (χ1) is 8.02. The van der Waals surface area contributed by atoms with Gasteiger partial charge in [0.25, 0.3) is 0 Å². The fourth-order valence-corrected chi connectivity index (χ4v) is 3.79. The van der Waals surface area contributed by atoms with Gasteiger partial charge in [-0.2, -0.15) is 0 Å².